The van der Waals surface area contributed by atoms with E-state index < -0.39 is 12.0 Å². The summed E-state index contributed by atoms with van der Waals surface area (Å²) < 4.78 is 5.92. The molecule has 1 unspecified atom stereocenters. The van der Waals surface area contributed by atoms with Crippen molar-refractivity contribution in [1.29, 1.82) is 0 Å². The summed E-state index contributed by atoms with van der Waals surface area (Å²) in [5.41, 5.74) is 5.49. The van der Waals surface area contributed by atoms with Gasteiger partial charge in [-0.3, -0.25) is 4.79 Å². The molecule has 0 spiro atoms. The van der Waals surface area contributed by atoms with Crippen LogP contribution in [0.2, 0.25) is 0 Å². The van der Waals surface area contributed by atoms with Crippen LogP contribution < -0.4 is 24.2 Å². The van der Waals surface area contributed by atoms with E-state index in [1.54, 1.807) is 17.8 Å². The number of thioether (sulfide) groups is 1. The van der Waals surface area contributed by atoms with E-state index in [4.69, 9.17) is 4.74 Å². The van der Waals surface area contributed by atoms with Crippen molar-refractivity contribution in [1.82, 2.24) is 5.32 Å². The number of hydrogen-bond acceptors (Lipinski definition) is 4. The van der Waals surface area contributed by atoms with Gasteiger partial charge in [0.2, 0.25) is 0 Å². The van der Waals surface area contributed by atoms with E-state index >= 15 is 0 Å². The molecule has 0 radical (unpaired) electrons. The van der Waals surface area contributed by atoms with Crippen LogP contribution in [-0.2, 0) is 22.6 Å². The molecule has 3 aromatic carbocycles. The molecule has 2 N–H and O–H groups in total. The molecule has 0 saturated carbocycles. The number of aryl methyl sites for hydroxylation is 2. The van der Waals surface area contributed by atoms with Crippen molar-refractivity contribution in [2.75, 3.05) is 18.6 Å². The molecule has 3 rings (SSSR count). The summed E-state index contributed by atoms with van der Waals surface area (Å²) in [6, 6.07) is 22.9. The summed E-state index contributed by atoms with van der Waals surface area (Å²) in [6.45, 7) is 3.09. The summed E-state index contributed by atoms with van der Waals surface area (Å²) in [4.78, 5) is 24.8. The second-order valence-electron chi connectivity index (χ2n) is 8.48. The molecule has 5 nitrogen and oxygen atoms in total. The number of hydrogen-bond donors (Lipinski definition) is 2. The molecule has 1 amide bonds. The maximum atomic E-state index is 13.2. The first kappa shape index (κ1) is 29.7. The smallest absolute Gasteiger partial charge is 1.00 e. The molecular weight excluding hydrogens is 465 g/mol. The number of carboxylic acid groups (broad SMARTS) is 1. The van der Waals surface area contributed by atoms with Crippen LogP contribution in [0.1, 0.15) is 41.3 Å². The Labute approximate surface area is 231 Å². The van der Waals surface area contributed by atoms with Gasteiger partial charge in [0.05, 0.1) is 6.61 Å². The number of aliphatic carboxylic acids is 1. The molecule has 0 aliphatic rings. The van der Waals surface area contributed by atoms with Gasteiger partial charge in [0.1, 0.15) is 6.04 Å². The molecule has 0 heterocycles. The van der Waals surface area contributed by atoms with Crippen molar-refractivity contribution >= 4 is 23.6 Å². The number of benzene rings is 3. The molecular formula is C29H34LiNO4S. The zero-order valence-corrected chi connectivity index (χ0v) is 22.1. The summed E-state index contributed by atoms with van der Waals surface area (Å²) >= 11 is 1.56. The Morgan fingerprint density at radius 2 is 1.72 bits per heavy atom. The van der Waals surface area contributed by atoms with E-state index in [9.17, 15) is 14.7 Å². The van der Waals surface area contributed by atoms with E-state index in [0.29, 0.717) is 31.0 Å². The largest absolute Gasteiger partial charge is 1.00 e. The number of nitrogens with one attached hydrogen (secondary N) is 1. The standard InChI is InChI=1S/C29H33NO4S.Li.H/c1-21-9-6-7-13-24(21)26-19-23(20-34-17-8-12-22-10-4-3-5-11-22)14-15-25(26)28(31)30-27(29(32)33)16-18-35-2;;/h3-7,9-11,13-15,19,27H,8,12,16-18,20H2,1-2H3,(H,30,31)(H,32,33);;/q;+1;-1. The first-order chi connectivity index (χ1) is 17.0. The first-order valence-electron chi connectivity index (χ1n) is 11.8. The normalized spacial score (nSPS) is 11.4. The quantitative estimate of drug-likeness (QED) is 0.280. The van der Waals surface area contributed by atoms with Gasteiger partial charge in [-0.25, -0.2) is 4.79 Å². The minimum Gasteiger partial charge on any atom is -1.00 e. The third kappa shape index (κ3) is 8.87. The predicted octanol–water partition coefficient (Wildman–Crippen LogP) is 2.86. The number of amides is 1. The van der Waals surface area contributed by atoms with Gasteiger partial charge >= 0.3 is 24.8 Å². The van der Waals surface area contributed by atoms with E-state index in [1.807, 2.05) is 67.8 Å². The van der Waals surface area contributed by atoms with Gasteiger partial charge in [0, 0.05) is 12.2 Å². The van der Waals surface area contributed by atoms with E-state index in [1.165, 1.54) is 5.56 Å². The Balaban J connectivity index is 0.00000342. The predicted molar refractivity (Wildman–Crippen MR) is 144 cm³/mol. The molecule has 7 heteroatoms. The summed E-state index contributed by atoms with van der Waals surface area (Å²) in [5.74, 6) is -0.750. The van der Waals surface area contributed by atoms with E-state index in [-0.39, 0.29) is 26.2 Å². The van der Waals surface area contributed by atoms with Crippen molar-refractivity contribution in [3.8, 4) is 11.1 Å². The molecule has 0 aromatic heterocycles. The topological polar surface area (TPSA) is 75.6 Å². The SMILES string of the molecule is CSCCC(NC(=O)c1ccc(COCCCc2ccccc2)cc1-c1ccccc1C)C(=O)O.[H-].[Li+]. The van der Waals surface area contributed by atoms with Gasteiger partial charge < -0.3 is 16.6 Å². The molecule has 1 atom stereocenters. The number of ether oxygens (including phenoxy) is 1. The molecule has 36 heavy (non-hydrogen) atoms. The Bertz CT molecular complexity index is 1130. The van der Waals surface area contributed by atoms with E-state index in [0.717, 1.165) is 35.1 Å². The number of carbonyl (C=O) groups excluding carboxylic acids is 1. The summed E-state index contributed by atoms with van der Waals surface area (Å²) in [5, 5.41) is 12.3. The minimum absolute atomic E-state index is 0. The monoisotopic (exact) mass is 499 g/mol. The van der Waals surface area contributed by atoms with Gasteiger partial charge in [-0.1, -0.05) is 60.7 Å². The second-order valence-corrected chi connectivity index (χ2v) is 9.47. The Morgan fingerprint density at radius 1 is 1.00 bits per heavy atom. The minimum atomic E-state index is -1.02. The average Bonchev–Trinajstić information content (AvgIpc) is 2.87. The van der Waals surface area contributed by atoms with Crippen molar-refractivity contribution < 1.29 is 39.7 Å². The fourth-order valence-electron chi connectivity index (χ4n) is 3.92. The van der Waals surface area contributed by atoms with Crippen LogP contribution in [0.25, 0.3) is 11.1 Å². The molecule has 0 aliphatic heterocycles. The Morgan fingerprint density at radius 3 is 2.42 bits per heavy atom. The van der Waals surface area contributed by atoms with Crippen molar-refractivity contribution in [3.05, 3.63) is 95.1 Å². The summed E-state index contributed by atoms with van der Waals surface area (Å²) in [7, 11) is 0. The fraction of sp³-hybridized carbons (Fsp3) is 0.310. The zero-order valence-electron chi connectivity index (χ0n) is 22.3. The van der Waals surface area contributed by atoms with Crippen LogP contribution >= 0.6 is 11.8 Å². The molecule has 0 bridgehead atoms. The van der Waals surface area contributed by atoms with Crippen molar-refractivity contribution in [2.24, 2.45) is 0 Å². The van der Waals surface area contributed by atoms with Crippen LogP contribution in [0, 0.1) is 6.92 Å². The van der Waals surface area contributed by atoms with E-state index in [2.05, 4.69) is 17.4 Å². The van der Waals surface area contributed by atoms with Crippen molar-refractivity contribution in [2.45, 2.75) is 38.8 Å². The molecule has 0 aliphatic carbocycles. The van der Waals surface area contributed by atoms with Crippen LogP contribution in [-0.4, -0.2) is 41.6 Å². The van der Waals surface area contributed by atoms with Crippen LogP contribution in [0.15, 0.2) is 72.8 Å². The molecule has 0 fully saturated rings. The number of carboxylic acids is 1. The average molecular weight is 500 g/mol. The molecule has 3 aromatic rings. The van der Waals surface area contributed by atoms with Gasteiger partial charge in [-0.15, -0.1) is 0 Å². The second kappa shape index (κ2) is 15.6. The third-order valence-corrected chi connectivity index (χ3v) is 6.49. The fourth-order valence-corrected chi connectivity index (χ4v) is 4.39. The van der Waals surface area contributed by atoms with Gasteiger partial charge in [-0.05, 0) is 78.1 Å². The van der Waals surface area contributed by atoms with Gasteiger partial charge in [0.15, 0.2) is 0 Å². The third-order valence-electron chi connectivity index (χ3n) is 5.84. The maximum absolute atomic E-state index is 13.2. The number of carbonyl (C=O) groups is 2. The van der Waals surface area contributed by atoms with Gasteiger partial charge in [-0.2, -0.15) is 11.8 Å². The van der Waals surface area contributed by atoms with Crippen LogP contribution in [0.3, 0.4) is 0 Å². The zero-order chi connectivity index (χ0) is 25.0. The molecule has 186 valence electrons. The number of rotatable bonds is 13. The molecule has 0 saturated heterocycles. The Hall–Kier alpha value is -2.49. The van der Waals surface area contributed by atoms with Crippen molar-refractivity contribution in [3.63, 3.8) is 0 Å². The first-order valence-corrected chi connectivity index (χ1v) is 13.2. The van der Waals surface area contributed by atoms with Crippen LogP contribution in [0.5, 0.6) is 0 Å². The maximum Gasteiger partial charge on any atom is 1.00 e. The van der Waals surface area contributed by atoms with Gasteiger partial charge in [0.25, 0.3) is 5.91 Å². The Kier molecular flexibility index (Phi) is 12.9. The summed E-state index contributed by atoms with van der Waals surface area (Å²) in [6.07, 6.45) is 4.19. The van der Waals surface area contributed by atoms with Crippen LogP contribution in [0.4, 0.5) is 0 Å².